The van der Waals surface area contributed by atoms with E-state index in [0.29, 0.717) is 36.3 Å². The number of aliphatic imine (C=N–C) groups is 1. The molecule has 0 spiro atoms. The van der Waals surface area contributed by atoms with Gasteiger partial charge in [-0.2, -0.15) is 4.98 Å². The summed E-state index contributed by atoms with van der Waals surface area (Å²) in [6.45, 7) is 3.48. The van der Waals surface area contributed by atoms with Crippen molar-refractivity contribution in [1.82, 2.24) is 20.4 Å². The molecule has 8 heteroatoms. The monoisotopic (exact) mass is 416 g/mol. The van der Waals surface area contributed by atoms with Crippen molar-refractivity contribution in [2.24, 2.45) is 10.7 Å². The van der Waals surface area contributed by atoms with Gasteiger partial charge >= 0.3 is 0 Å². The molecule has 0 aromatic carbocycles. The molecule has 0 atom stereocenters. The summed E-state index contributed by atoms with van der Waals surface area (Å²) in [5, 5.41) is 6.95. The molecule has 0 aliphatic carbocycles. The number of pyridine rings is 1. The highest BCUT2D eigenvalue weighted by molar-refractivity contribution is 14.0. The van der Waals surface area contributed by atoms with E-state index in [-0.39, 0.29) is 24.0 Å². The number of hydrogen-bond acceptors (Lipinski definition) is 5. The van der Waals surface area contributed by atoms with Crippen molar-refractivity contribution < 1.29 is 4.52 Å². The SMILES string of the molecule is CCCCN=C(N)NCCc1noc(-c2ccccn2)n1.I. The van der Waals surface area contributed by atoms with Crippen molar-refractivity contribution in [2.75, 3.05) is 13.1 Å². The molecule has 120 valence electrons. The average Bonchev–Trinajstić information content (AvgIpc) is 2.97. The van der Waals surface area contributed by atoms with E-state index in [1.165, 1.54) is 0 Å². The maximum Gasteiger partial charge on any atom is 0.276 e. The van der Waals surface area contributed by atoms with E-state index >= 15 is 0 Å². The third-order valence-corrected chi connectivity index (χ3v) is 2.80. The summed E-state index contributed by atoms with van der Waals surface area (Å²) >= 11 is 0. The molecule has 22 heavy (non-hydrogen) atoms. The maximum atomic E-state index is 5.74. The fraction of sp³-hybridized carbons (Fsp3) is 0.429. The number of hydrogen-bond donors (Lipinski definition) is 2. The fourth-order valence-corrected chi connectivity index (χ4v) is 1.66. The summed E-state index contributed by atoms with van der Waals surface area (Å²) in [4.78, 5) is 12.7. The van der Waals surface area contributed by atoms with Gasteiger partial charge in [-0.1, -0.05) is 24.6 Å². The molecule has 0 aliphatic rings. The Labute approximate surface area is 146 Å². The van der Waals surface area contributed by atoms with Crippen LogP contribution in [0.2, 0.25) is 0 Å². The molecule has 2 rings (SSSR count). The van der Waals surface area contributed by atoms with Gasteiger partial charge in [-0.3, -0.25) is 9.98 Å². The minimum atomic E-state index is 0. The van der Waals surface area contributed by atoms with Gasteiger partial charge in [0.05, 0.1) is 0 Å². The average molecular weight is 416 g/mol. The molecular formula is C14H21IN6O. The standard InChI is InChI=1S/C14H20N6O.HI/c1-2-3-8-17-14(15)18-10-7-12-19-13(21-20-12)11-6-4-5-9-16-11;/h4-6,9H,2-3,7-8,10H2,1H3,(H3,15,17,18);1H. The molecule has 2 aromatic rings. The largest absolute Gasteiger partial charge is 0.370 e. The Morgan fingerprint density at radius 3 is 3.00 bits per heavy atom. The summed E-state index contributed by atoms with van der Waals surface area (Å²) in [5.41, 5.74) is 6.41. The first kappa shape index (κ1) is 18.3. The van der Waals surface area contributed by atoms with Crippen LogP contribution in [0.1, 0.15) is 25.6 Å². The molecule has 0 radical (unpaired) electrons. The zero-order valence-corrected chi connectivity index (χ0v) is 14.9. The first-order valence-corrected chi connectivity index (χ1v) is 7.07. The van der Waals surface area contributed by atoms with Gasteiger partial charge in [-0.25, -0.2) is 0 Å². The number of rotatable bonds is 7. The fourth-order valence-electron chi connectivity index (χ4n) is 1.66. The Bertz CT molecular complexity index is 572. The summed E-state index contributed by atoms with van der Waals surface area (Å²) in [6, 6.07) is 5.54. The van der Waals surface area contributed by atoms with Gasteiger partial charge in [0.2, 0.25) is 0 Å². The number of nitrogens with one attached hydrogen (secondary N) is 1. The third-order valence-electron chi connectivity index (χ3n) is 2.80. The van der Waals surface area contributed by atoms with Crippen molar-refractivity contribution in [3.8, 4) is 11.6 Å². The molecular weight excluding hydrogens is 395 g/mol. The van der Waals surface area contributed by atoms with Crippen LogP contribution in [-0.2, 0) is 6.42 Å². The molecule has 0 aliphatic heterocycles. The minimum absolute atomic E-state index is 0. The van der Waals surface area contributed by atoms with Gasteiger partial charge in [-0.15, -0.1) is 24.0 Å². The lowest BCUT2D eigenvalue weighted by Gasteiger charge is -2.02. The van der Waals surface area contributed by atoms with E-state index < -0.39 is 0 Å². The van der Waals surface area contributed by atoms with Gasteiger partial charge in [0, 0.05) is 25.7 Å². The topological polar surface area (TPSA) is 102 Å². The van der Waals surface area contributed by atoms with Crippen LogP contribution in [0.4, 0.5) is 0 Å². The van der Waals surface area contributed by atoms with E-state index in [4.69, 9.17) is 10.3 Å². The second-order valence-corrected chi connectivity index (χ2v) is 4.53. The molecule has 0 unspecified atom stereocenters. The second-order valence-electron chi connectivity index (χ2n) is 4.53. The summed E-state index contributed by atoms with van der Waals surface area (Å²) in [5.74, 6) is 1.50. The van der Waals surface area contributed by atoms with E-state index in [1.807, 2.05) is 18.2 Å². The smallest absolute Gasteiger partial charge is 0.276 e. The summed E-state index contributed by atoms with van der Waals surface area (Å²) in [6.07, 6.45) is 4.45. The third kappa shape index (κ3) is 5.96. The molecule has 0 saturated carbocycles. The van der Waals surface area contributed by atoms with Crippen LogP contribution >= 0.6 is 24.0 Å². The molecule has 0 amide bonds. The van der Waals surface area contributed by atoms with E-state index in [1.54, 1.807) is 6.20 Å². The molecule has 7 nitrogen and oxygen atoms in total. The molecule has 2 heterocycles. The van der Waals surface area contributed by atoms with Crippen molar-refractivity contribution in [3.05, 3.63) is 30.2 Å². The normalized spacial score (nSPS) is 11.0. The van der Waals surface area contributed by atoms with Crippen LogP contribution in [0.15, 0.2) is 33.9 Å². The van der Waals surface area contributed by atoms with Gasteiger partial charge in [0.1, 0.15) is 5.69 Å². The molecule has 2 aromatic heterocycles. The Balaban J connectivity index is 0.00000242. The maximum absolute atomic E-state index is 5.74. The lowest BCUT2D eigenvalue weighted by atomic mass is 10.3. The van der Waals surface area contributed by atoms with E-state index in [9.17, 15) is 0 Å². The zero-order chi connectivity index (χ0) is 14.9. The Morgan fingerprint density at radius 2 is 2.27 bits per heavy atom. The first-order chi connectivity index (χ1) is 10.3. The van der Waals surface area contributed by atoms with Crippen molar-refractivity contribution >= 4 is 29.9 Å². The first-order valence-electron chi connectivity index (χ1n) is 7.07. The lowest BCUT2D eigenvalue weighted by Crippen LogP contribution is -2.33. The van der Waals surface area contributed by atoms with Gasteiger partial charge in [-0.05, 0) is 18.6 Å². The van der Waals surface area contributed by atoms with Crippen LogP contribution in [0.3, 0.4) is 0 Å². The van der Waals surface area contributed by atoms with Gasteiger partial charge in [0.15, 0.2) is 11.8 Å². The number of guanidine groups is 1. The van der Waals surface area contributed by atoms with Crippen LogP contribution in [-0.4, -0.2) is 34.2 Å². The Morgan fingerprint density at radius 1 is 1.41 bits per heavy atom. The second kappa shape index (κ2) is 10.1. The quantitative estimate of drug-likeness (QED) is 0.310. The Kier molecular flexibility index (Phi) is 8.41. The van der Waals surface area contributed by atoms with Crippen LogP contribution in [0.25, 0.3) is 11.6 Å². The Hall–Kier alpha value is -1.71. The van der Waals surface area contributed by atoms with Crippen LogP contribution in [0, 0.1) is 0 Å². The van der Waals surface area contributed by atoms with Gasteiger partial charge < -0.3 is 15.6 Å². The summed E-state index contributed by atoms with van der Waals surface area (Å²) < 4.78 is 5.17. The summed E-state index contributed by atoms with van der Waals surface area (Å²) in [7, 11) is 0. The van der Waals surface area contributed by atoms with E-state index in [2.05, 4.69) is 32.4 Å². The highest BCUT2D eigenvalue weighted by Gasteiger charge is 2.09. The van der Waals surface area contributed by atoms with Crippen molar-refractivity contribution in [1.29, 1.82) is 0 Å². The van der Waals surface area contributed by atoms with Crippen LogP contribution in [0.5, 0.6) is 0 Å². The lowest BCUT2D eigenvalue weighted by molar-refractivity contribution is 0.421. The number of halogens is 1. The molecule has 0 bridgehead atoms. The highest BCUT2D eigenvalue weighted by atomic mass is 127. The predicted molar refractivity (Wildman–Crippen MR) is 96.0 cm³/mol. The minimum Gasteiger partial charge on any atom is -0.370 e. The van der Waals surface area contributed by atoms with Crippen molar-refractivity contribution in [3.63, 3.8) is 0 Å². The van der Waals surface area contributed by atoms with E-state index in [0.717, 1.165) is 19.4 Å². The number of nitrogens with zero attached hydrogens (tertiary/aromatic N) is 4. The van der Waals surface area contributed by atoms with Crippen LogP contribution < -0.4 is 11.1 Å². The number of aromatic nitrogens is 3. The molecule has 0 fully saturated rings. The molecule has 3 N–H and O–H groups in total. The highest BCUT2D eigenvalue weighted by Crippen LogP contribution is 2.12. The number of unbranched alkanes of at least 4 members (excludes halogenated alkanes) is 1. The van der Waals surface area contributed by atoms with Gasteiger partial charge in [0.25, 0.3) is 5.89 Å². The predicted octanol–water partition coefficient (Wildman–Crippen LogP) is 2.00. The number of nitrogens with two attached hydrogens (primary N) is 1. The van der Waals surface area contributed by atoms with Crippen molar-refractivity contribution in [2.45, 2.75) is 26.2 Å². The zero-order valence-electron chi connectivity index (χ0n) is 12.5. The molecule has 0 saturated heterocycles.